The van der Waals surface area contributed by atoms with Gasteiger partial charge in [0.25, 0.3) is 0 Å². The molecule has 3 N–H and O–H groups in total. The van der Waals surface area contributed by atoms with Gasteiger partial charge in [0.05, 0.1) is 5.69 Å². The Bertz CT molecular complexity index is 604. The van der Waals surface area contributed by atoms with E-state index in [1.165, 1.54) is 38.5 Å². The highest BCUT2D eigenvalue weighted by molar-refractivity contribution is 5.74. The Kier molecular flexibility index (Phi) is 8.34. The third kappa shape index (κ3) is 6.59. The first-order valence-corrected chi connectivity index (χ1v) is 11.2. The van der Waals surface area contributed by atoms with Crippen LogP contribution in [-0.4, -0.2) is 30.1 Å². The molecule has 6 heteroatoms. The SMILES string of the molecule is Cc1oc([C@H](CCCC2CCCCC2)CC(N)=O)nc1CNC1CCOCC1. The zero-order valence-corrected chi connectivity index (χ0v) is 17.4. The first-order valence-electron chi connectivity index (χ1n) is 11.2. The summed E-state index contributed by atoms with van der Waals surface area (Å²) in [5, 5.41) is 3.56. The van der Waals surface area contributed by atoms with E-state index < -0.39 is 0 Å². The molecule has 1 saturated carbocycles. The largest absolute Gasteiger partial charge is 0.445 e. The van der Waals surface area contributed by atoms with Crippen LogP contribution in [0.4, 0.5) is 0 Å². The summed E-state index contributed by atoms with van der Waals surface area (Å²) in [5.74, 6) is 2.10. The van der Waals surface area contributed by atoms with Crippen LogP contribution in [0.25, 0.3) is 0 Å². The minimum atomic E-state index is -0.277. The van der Waals surface area contributed by atoms with E-state index in [0.29, 0.717) is 24.9 Å². The van der Waals surface area contributed by atoms with Gasteiger partial charge in [0.2, 0.25) is 5.91 Å². The number of aromatic nitrogens is 1. The first kappa shape index (κ1) is 21.3. The number of carbonyl (C=O) groups is 1. The number of oxazole rings is 1. The maximum Gasteiger partial charge on any atom is 0.218 e. The zero-order valence-electron chi connectivity index (χ0n) is 17.4. The number of carbonyl (C=O) groups excluding carboxylic acids is 1. The molecule has 2 fully saturated rings. The molecule has 1 aliphatic carbocycles. The number of primary amides is 1. The predicted octanol–water partition coefficient (Wildman–Crippen LogP) is 3.96. The van der Waals surface area contributed by atoms with Gasteiger partial charge in [0, 0.05) is 38.1 Å². The lowest BCUT2D eigenvalue weighted by Crippen LogP contribution is -2.34. The highest BCUT2D eigenvalue weighted by atomic mass is 16.5. The van der Waals surface area contributed by atoms with Crippen LogP contribution in [0.1, 0.15) is 93.9 Å². The van der Waals surface area contributed by atoms with E-state index in [0.717, 1.165) is 56.3 Å². The summed E-state index contributed by atoms with van der Waals surface area (Å²) in [6.45, 7) is 4.30. The zero-order chi connectivity index (χ0) is 19.8. The third-order valence-corrected chi connectivity index (χ3v) is 6.38. The molecule has 1 aromatic heterocycles. The van der Waals surface area contributed by atoms with Gasteiger partial charge < -0.3 is 20.2 Å². The molecule has 2 heterocycles. The van der Waals surface area contributed by atoms with Crippen molar-refractivity contribution in [2.24, 2.45) is 11.7 Å². The number of aryl methyl sites for hydroxylation is 1. The summed E-state index contributed by atoms with van der Waals surface area (Å²) in [7, 11) is 0. The summed E-state index contributed by atoms with van der Waals surface area (Å²) >= 11 is 0. The average Bonchev–Trinajstić information content (AvgIpc) is 3.07. The molecule has 6 nitrogen and oxygen atoms in total. The topological polar surface area (TPSA) is 90.4 Å². The van der Waals surface area contributed by atoms with Gasteiger partial charge in [-0.3, -0.25) is 4.79 Å². The van der Waals surface area contributed by atoms with Crippen molar-refractivity contribution in [3.8, 4) is 0 Å². The number of amides is 1. The Labute approximate surface area is 169 Å². The van der Waals surface area contributed by atoms with Crippen molar-refractivity contribution < 1.29 is 13.9 Å². The minimum absolute atomic E-state index is 0.00313. The number of hydrogen-bond donors (Lipinski definition) is 2. The van der Waals surface area contributed by atoms with Gasteiger partial charge in [-0.2, -0.15) is 0 Å². The van der Waals surface area contributed by atoms with E-state index in [9.17, 15) is 4.79 Å². The first-order chi connectivity index (χ1) is 13.6. The van der Waals surface area contributed by atoms with Crippen LogP contribution in [0.3, 0.4) is 0 Å². The van der Waals surface area contributed by atoms with E-state index >= 15 is 0 Å². The fourth-order valence-corrected chi connectivity index (χ4v) is 4.62. The highest BCUT2D eigenvalue weighted by Crippen LogP contribution is 2.31. The molecule has 0 bridgehead atoms. The molecule has 2 aliphatic rings. The lowest BCUT2D eigenvalue weighted by molar-refractivity contribution is -0.118. The smallest absolute Gasteiger partial charge is 0.218 e. The van der Waals surface area contributed by atoms with Crippen molar-refractivity contribution in [3.63, 3.8) is 0 Å². The summed E-state index contributed by atoms with van der Waals surface area (Å²) < 4.78 is 11.4. The number of rotatable bonds is 10. The molecule has 0 aromatic carbocycles. The molecule has 1 atom stereocenters. The second kappa shape index (κ2) is 11.0. The fourth-order valence-electron chi connectivity index (χ4n) is 4.62. The lowest BCUT2D eigenvalue weighted by Gasteiger charge is -2.22. The maximum absolute atomic E-state index is 11.6. The molecular formula is C22H37N3O3. The second-order valence-electron chi connectivity index (χ2n) is 8.62. The van der Waals surface area contributed by atoms with E-state index in [2.05, 4.69) is 5.32 Å². The Morgan fingerprint density at radius 1 is 1.21 bits per heavy atom. The van der Waals surface area contributed by atoms with Crippen LogP contribution in [0.5, 0.6) is 0 Å². The Morgan fingerprint density at radius 2 is 1.96 bits per heavy atom. The van der Waals surface area contributed by atoms with Gasteiger partial charge in [0.1, 0.15) is 5.76 Å². The van der Waals surface area contributed by atoms with Crippen molar-refractivity contribution in [1.82, 2.24) is 10.3 Å². The average molecular weight is 392 g/mol. The van der Waals surface area contributed by atoms with Crippen molar-refractivity contribution in [3.05, 3.63) is 17.3 Å². The van der Waals surface area contributed by atoms with E-state index in [1.807, 2.05) is 6.92 Å². The van der Waals surface area contributed by atoms with Crippen molar-refractivity contribution in [2.45, 2.75) is 96.1 Å². The number of nitrogens with one attached hydrogen (secondary N) is 1. The molecular weight excluding hydrogens is 354 g/mol. The van der Waals surface area contributed by atoms with Gasteiger partial charge in [0.15, 0.2) is 5.89 Å². The second-order valence-corrected chi connectivity index (χ2v) is 8.62. The number of nitrogens with zero attached hydrogens (tertiary/aromatic N) is 1. The molecule has 158 valence electrons. The van der Waals surface area contributed by atoms with Crippen LogP contribution in [0, 0.1) is 12.8 Å². The number of ether oxygens (including phenoxy) is 1. The Morgan fingerprint density at radius 3 is 2.68 bits per heavy atom. The minimum Gasteiger partial charge on any atom is -0.445 e. The van der Waals surface area contributed by atoms with Crippen LogP contribution in [0.15, 0.2) is 4.42 Å². The van der Waals surface area contributed by atoms with Gasteiger partial charge in [-0.05, 0) is 32.1 Å². The van der Waals surface area contributed by atoms with Gasteiger partial charge >= 0.3 is 0 Å². The molecule has 0 unspecified atom stereocenters. The molecule has 0 radical (unpaired) electrons. The molecule has 0 spiro atoms. The van der Waals surface area contributed by atoms with Crippen molar-refractivity contribution >= 4 is 5.91 Å². The quantitative estimate of drug-likeness (QED) is 0.630. The summed E-state index contributed by atoms with van der Waals surface area (Å²) in [6, 6.07) is 0.477. The van der Waals surface area contributed by atoms with Gasteiger partial charge in [-0.15, -0.1) is 0 Å². The summed E-state index contributed by atoms with van der Waals surface area (Å²) in [4.78, 5) is 16.3. The van der Waals surface area contributed by atoms with E-state index in [4.69, 9.17) is 19.9 Å². The monoisotopic (exact) mass is 391 g/mol. The highest BCUT2D eigenvalue weighted by Gasteiger charge is 2.23. The van der Waals surface area contributed by atoms with Crippen LogP contribution in [-0.2, 0) is 16.1 Å². The maximum atomic E-state index is 11.6. The fraction of sp³-hybridized carbons (Fsp3) is 0.818. The molecule has 1 saturated heterocycles. The lowest BCUT2D eigenvalue weighted by atomic mass is 9.84. The summed E-state index contributed by atoms with van der Waals surface area (Å²) in [5.41, 5.74) is 6.46. The van der Waals surface area contributed by atoms with E-state index in [-0.39, 0.29) is 11.8 Å². The molecule has 1 aliphatic heterocycles. The van der Waals surface area contributed by atoms with Crippen molar-refractivity contribution in [2.75, 3.05) is 13.2 Å². The molecule has 1 aromatic rings. The third-order valence-electron chi connectivity index (χ3n) is 6.38. The van der Waals surface area contributed by atoms with Crippen molar-refractivity contribution in [1.29, 1.82) is 0 Å². The van der Waals surface area contributed by atoms with Crippen LogP contribution < -0.4 is 11.1 Å². The molecule has 3 rings (SSSR count). The number of nitrogens with two attached hydrogens (primary N) is 1. The standard InChI is InChI=1S/C22H37N3O3/c1-16-20(15-24-19-10-12-27-13-11-19)25-22(28-16)18(14-21(23)26)9-5-8-17-6-3-2-4-7-17/h17-19,24H,2-15H2,1H3,(H2,23,26)/t18-/m1/s1. The predicted molar refractivity (Wildman–Crippen MR) is 109 cm³/mol. The normalized spacial score (nSPS) is 20.3. The summed E-state index contributed by atoms with van der Waals surface area (Å²) in [6.07, 6.45) is 12.5. The van der Waals surface area contributed by atoms with Gasteiger partial charge in [-0.1, -0.05) is 44.9 Å². The van der Waals surface area contributed by atoms with Crippen LogP contribution in [0.2, 0.25) is 0 Å². The van der Waals surface area contributed by atoms with E-state index in [1.54, 1.807) is 0 Å². The Balaban J connectivity index is 1.53. The Hall–Kier alpha value is -1.40. The van der Waals surface area contributed by atoms with Gasteiger partial charge in [-0.25, -0.2) is 4.98 Å². The van der Waals surface area contributed by atoms with Crippen LogP contribution >= 0.6 is 0 Å². The molecule has 28 heavy (non-hydrogen) atoms. The molecule has 1 amide bonds. The number of hydrogen-bond acceptors (Lipinski definition) is 5.